The minimum atomic E-state index is -4.59. The molecule has 0 aliphatic carbocycles. The van der Waals surface area contributed by atoms with Crippen LogP contribution in [0, 0.1) is 18.6 Å². The van der Waals surface area contributed by atoms with Crippen molar-refractivity contribution in [3.8, 4) is 5.69 Å². The van der Waals surface area contributed by atoms with E-state index in [0.29, 0.717) is 11.6 Å². The SMILES string of the molecule is Cc1ccc(SCc2nn(CC(=O)Nc3ccccc3C(F)(F)F)c(=S)n2-c2cccc(C)c2)cc1. The molecular formula is C26H23F3N4OS2. The maximum Gasteiger partial charge on any atom is 0.418 e. The van der Waals surface area contributed by atoms with Gasteiger partial charge in [-0.05, 0) is 68.0 Å². The van der Waals surface area contributed by atoms with Gasteiger partial charge in [0.2, 0.25) is 10.7 Å². The summed E-state index contributed by atoms with van der Waals surface area (Å²) < 4.78 is 43.4. The molecule has 4 rings (SSSR count). The minimum absolute atomic E-state index is 0.277. The van der Waals surface area contributed by atoms with Crippen molar-refractivity contribution in [3.63, 3.8) is 0 Å². The van der Waals surface area contributed by atoms with E-state index in [2.05, 4.69) is 10.4 Å². The third kappa shape index (κ3) is 6.06. The lowest BCUT2D eigenvalue weighted by molar-refractivity contribution is -0.137. The number of hydrogen-bond acceptors (Lipinski definition) is 4. The Morgan fingerprint density at radius 3 is 2.42 bits per heavy atom. The van der Waals surface area contributed by atoms with Crippen LogP contribution in [-0.4, -0.2) is 20.3 Å². The highest BCUT2D eigenvalue weighted by Crippen LogP contribution is 2.34. The largest absolute Gasteiger partial charge is 0.418 e. The summed E-state index contributed by atoms with van der Waals surface area (Å²) in [6.07, 6.45) is -4.59. The van der Waals surface area contributed by atoms with Crippen molar-refractivity contribution < 1.29 is 18.0 Å². The van der Waals surface area contributed by atoms with Crippen LogP contribution >= 0.6 is 24.0 Å². The molecular weight excluding hydrogens is 505 g/mol. The normalized spacial score (nSPS) is 11.5. The highest BCUT2D eigenvalue weighted by Gasteiger charge is 2.33. The summed E-state index contributed by atoms with van der Waals surface area (Å²) in [5, 5.41) is 6.93. The Bertz CT molecular complexity index is 1440. The molecule has 0 saturated heterocycles. The number of nitrogens with one attached hydrogen (secondary N) is 1. The smallest absolute Gasteiger partial charge is 0.324 e. The van der Waals surface area contributed by atoms with Crippen molar-refractivity contribution in [1.82, 2.24) is 14.3 Å². The molecule has 0 bridgehead atoms. The Morgan fingerprint density at radius 1 is 1.00 bits per heavy atom. The second kappa shape index (κ2) is 10.7. The molecule has 1 heterocycles. The third-order valence-corrected chi connectivity index (χ3v) is 6.76. The summed E-state index contributed by atoms with van der Waals surface area (Å²) in [6, 6.07) is 20.7. The lowest BCUT2D eigenvalue weighted by Gasteiger charge is -2.13. The summed E-state index contributed by atoms with van der Waals surface area (Å²) in [4.78, 5) is 13.8. The van der Waals surface area contributed by atoms with Gasteiger partial charge < -0.3 is 5.32 Å². The quantitative estimate of drug-likeness (QED) is 0.208. The topological polar surface area (TPSA) is 51.9 Å². The van der Waals surface area contributed by atoms with Crippen LogP contribution in [0.25, 0.3) is 5.69 Å². The number of aryl methyl sites for hydroxylation is 2. The van der Waals surface area contributed by atoms with Gasteiger partial charge in [-0.3, -0.25) is 9.36 Å². The number of thioether (sulfide) groups is 1. The van der Waals surface area contributed by atoms with E-state index in [1.807, 2.05) is 62.4 Å². The van der Waals surface area contributed by atoms with Crippen LogP contribution in [0.5, 0.6) is 0 Å². The Balaban J connectivity index is 1.63. The molecule has 1 N–H and O–H groups in total. The number of halogens is 3. The molecule has 0 saturated carbocycles. The average Bonchev–Trinajstić information content (AvgIpc) is 3.13. The summed E-state index contributed by atoms with van der Waals surface area (Å²) in [6.45, 7) is 3.65. The van der Waals surface area contributed by atoms with E-state index in [1.54, 1.807) is 16.3 Å². The van der Waals surface area contributed by atoms with Crippen molar-refractivity contribution in [2.45, 2.75) is 37.2 Å². The first-order chi connectivity index (χ1) is 17.1. The fourth-order valence-corrected chi connectivity index (χ4v) is 4.75. The number of benzene rings is 3. The third-order valence-electron chi connectivity index (χ3n) is 5.36. The first kappa shape index (κ1) is 25.7. The van der Waals surface area contributed by atoms with Crippen LogP contribution in [0.2, 0.25) is 0 Å². The van der Waals surface area contributed by atoms with Crippen molar-refractivity contribution >= 4 is 35.6 Å². The Labute approximate surface area is 216 Å². The van der Waals surface area contributed by atoms with Gasteiger partial charge in [-0.1, -0.05) is 42.0 Å². The molecule has 36 heavy (non-hydrogen) atoms. The minimum Gasteiger partial charge on any atom is -0.324 e. The maximum atomic E-state index is 13.3. The van der Waals surface area contributed by atoms with Gasteiger partial charge in [-0.2, -0.15) is 18.3 Å². The second-order valence-corrected chi connectivity index (χ2v) is 9.64. The average molecular weight is 529 g/mol. The van der Waals surface area contributed by atoms with Crippen LogP contribution in [0.15, 0.2) is 77.7 Å². The van der Waals surface area contributed by atoms with E-state index in [0.717, 1.165) is 27.8 Å². The highest BCUT2D eigenvalue weighted by atomic mass is 32.2. The molecule has 4 aromatic rings. The van der Waals surface area contributed by atoms with Crippen LogP contribution < -0.4 is 5.32 Å². The number of nitrogens with zero attached hydrogens (tertiary/aromatic N) is 3. The van der Waals surface area contributed by atoms with Gasteiger partial charge in [0.15, 0.2) is 0 Å². The van der Waals surface area contributed by atoms with Crippen molar-refractivity contribution in [2.24, 2.45) is 0 Å². The fraction of sp³-hybridized carbons (Fsp3) is 0.192. The number of alkyl halides is 3. The first-order valence-electron chi connectivity index (χ1n) is 11.0. The summed E-state index contributed by atoms with van der Waals surface area (Å²) in [7, 11) is 0. The van der Waals surface area contributed by atoms with Gasteiger partial charge >= 0.3 is 6.18 Å². The molecule has 10 heteroatoms. The molecule has 5 nitrogen and oxygen atoms in total. The van der Waals surface area contributed by atoms with Crippen LogP contribution in [0.1, 0.15) is 22.5 Å². The van der Waals surface area contributed by atoms with E-state index in [4.69, 9.17) is 12.2 Å². The van der Waals surface area contributed by atoms with E-state index in [-0.39, 0.29) is 17.0 Å². The maximum absolute atomic E-state index is 13.3. The number of para-hydroxylation sites is 1. The Morgan fingerprint density at radius 2 is 1.72 bits per heavy atom. The molecule has 1 aromatic heterocycles. The summed E-state index contributed by atoms with van der Waals surface area (Å²) >= 11 is 7.22. The summed E-state index contributed by atoms with van der Waals surface area (Å²) in [5.41, 5.74) is 1.76. The fourth-order valence-electron chi connectivity index (χ4n) is 3.62. The predicted octanol–water partition coefficient (Wildman–Crippen LogP) is 6.97. The van der Waals surface area contributed by atoms with Gasteiger partial charge in [0.25, 0.3) is 0 Å². The molecule has 0 atom stereocenters. The van der Waals surface area contributed by atoms with Crippen LogP contribution in [-0.2, 0) is 23.3 Å². The van der Waals surface area contributed by atoms with Crippen molar-refractivity contribution in [1.29, 1.82) is 0 Å². The number of carbonyl (C=O) groups is 1. The lowest BCUT2D eigenvalue weighted by atomic mass is 10.1. The van der Waals surface area contributed by atoms with Crippen molar-refractivity contribution in [2.75, 3.05) is 5.32 Å². The number of rotatable bonds is 7. The molecule has 0 radical (unpaired) electrons. The molecule has 0 spiro atoms. The van der Waals surface area contributed by atoms with Crippen LogP contribution in [0.3, 0.4) is 0 Å². The number of anilines is 1. The Kier molecular flexibility index (Phi) is 7.65. The number of amides is 1. The number of hydrogen-bond donors (Lipinski definition) is 1. The predicted molar refractivity (Wildman–Crippen MR) is 138 cm³/mol. The van der Waals surface area contributed by atoms with Gasteiger partial charge in [0.05, 0.1) is 17.0 Å². The van der Waals surface area contributed by atoms with E-state index < -0.39 is 17.6 Å². The van der Waals surface area contributed by atoms with E-state index in [1.165, 1.54) is 22.9 Å². The number of carbonyl (C=O) groups excluding carboxylic acids is 1. The number of aromatic nitrogens is 3. The van der Waals surface area contributed by atoms with E-state index in [9.17, 15) is 18.0 Å². The van der Waals surface area contributed by atoms with Crippen LogP contribution in [0.4, 0.5) is 18.9 Å². The van der Waals surface area contributed by atoms with Crippen molar-refractivity contribution in [3.05, 3.63) is 100 Å². The molecule has 0 aliphatic heterocycles. The molecule has 0 unspecified atom stereocenters. The molecule has 1 amide bonds. The highest BCUT2D eigenvalue weighted by molar-refractivity contribution is 7.98. The molecule has 0 fully saturated rings. The molecule has 186 valence electrons. The van der Waals surface area contributed by atoms with Gasteiger partial charge in [0.1, 0.15) is 12.4 Å². The summed E-state index contributed by atoms with van der Waals surface area (Å²) in [5.74, 6) is 0.445. The molecule has 0 aliphatic rings. The monoisotopic (exact) mass is 528 g/mol. The zero-order valence-electron chi connectivity index (χ0n) is 19.5. The zero-order chi connectivity index (χ0) is 25.9. The van der Waals surface area contributed by atoms with Gasteiger partial charge in [0, 0.05) is 10.6 Å². The first-order valence-corrected chi connectivity index (χ1v) is 12.4. The second-order valence-electron chi connectivity index (χ2n) is 8.22. The van der Waals surface area contributed by atoms with Gasteiger partial charge in [-0.25, -0.2) is 4.68 Å². The van der Waals surface area contributed by atoms with Gasteiger partial charge in [-0.15, -0.1) is 11.8 Å². The lowest BCUT2D eigenvalue weighted by Crippen LogP contribution is -2.22. The Hall–Kier alpha value is -3.37. The van der Waals surface area contributed by atoms with E-state index >= 15 is 0 Å². The standard InChI is InChI=1S/C26H23F3N4OS2/c1-17-10-12-20(13-11-17)36-16-23-31-32(25(35)33(23)19-7-5-6-18(2)14-19)15-24(34)30-22-9-4-3-8-21(22)26(27,28)29/h3-14H,15-16H2,1-2H3,(H,30,34). The molecule has 3 aromatic carbocycles. The zero-order valence-corrected chi connectivity index (χ0v) is 21.2.